The van der Waals surface area contributed by atoms with E-state index in [1.165, 1.54) is 0 Å². The van der Waals surface area contributed by atoms with Crippen LogP contribution in [0.2, 0.25) is 0 Å². The highest BCUT2D eigenvalue weighted by atomic mass is 32.2. The Kier molecular flexibility index (Phi) is 5.20. The van der Waals surface area contributed by atoms with Gasteiger partial charge in [0.25, 0.3) is 0 Å². The van der Waals surface area contributed by atoms with Gasteiger partial charge in [-0.3, -0.25) is 4.90 Å². The quantitative estimate of drug-likeness (QED) is 0.762. The van der Waals surface area contributed by atoms with E-state index in [-0.39, 0.29) is 5.82 Å². The van der Waals surface area contributed by atoms with E-state index in [1.54, 1.807) is 44.3 Å². The summed E-state index contributed by atoms with van der Waals surface area (Å²) in [5.41, 5.74) is 1.12. The molecule has 3 rings (SSSR count). The number of methoxy groups -OCH3 is 1. The molecule has 0 amide bonds. The standard InChI is InChI=1S/C16H21FN4OS/c1-11-4-3-5-13(15(11)17)16-18-8-14(19-16)20-23-12-9-21(10-12)6-7-22-2/h3-5,8,12,20H,6-7,9-10H2,1-2H3,(H,18,19). The molecule has 1 fully saturated rings. The van der Waals surface area contributed by atoms with Gasteiger partial charge in [-0.1, -0.05) is 12.1 Å². The number of hydrogen-bond donors (Lipinski definition) is 2. The lowest BCUT2D eigenvalue weighted by Crippen LogP contribution is -2.50. The third-order valence-corrected chi connectivity index (χ3v) is 4.86. The second-order valence-corrected chi connectivity index (χ2v) is 6.78. The zero-order valence-electron chi connectivity index (χ0n) is 13.3. The molecule has 1 saturated heterocycles. The van der Waals surface area contributed by atoms with E-state index in [1.807, 2.05) is 6.07 Å². The molecule has 5 nitrogen and oxygen atoms in total. The van der Waals surface area contributed by atoms with Gasteiger partial charge in [0.2, 0.25) is 0 Å². The second-order valence-electron chi connectivity index (χ2n) is 5.68. The predicted molar refractivity (Wildman–Crippen MR) is 92.0 cm³/mol. The number of nitrogens with zero attached hydrogens (tertiary/aromatic N) is 2. The Bertz CT molecular complexity index is 657. The lowest BCUT2D eigenvalue weighted by molar-refractivity contribution is 0.116. The van der Waals surface area contributed by atoms with Crippen molar-refractivity contribution in [1.29, 1.82) is 0 Å². The second kappa shape index (κ2) is 7.33. The fourth-order valence-corrected chi connectivity index (χ4v) is 3.46. The molecule has 2 N–H and O–H groups in total. The van der Waals surface area contributed by atoms with Crippen molar-refractivity contribution in [3.05, 3.63) is 35.8 Å². The van der Waals surface area contributed by atoms with Crippen LogP contribution in [0.1, 0.15) is 5.56 Å². The molecule has 0 unspecified atom stereocenters. The minimum absolute atomic E-state index is 0.228. The van der Waals surface area contributed by atoms with Crippen molar-refractivity contribution in [3.8, 4) is 11.4 Å². The predicted octanol–water partition coefficient (Wildman–Crippen LogP) is 2.91. The van der Waals surface area contributed by atoms with Gasteiger partial charge in [0, 0.05) is 26.7 Å². The summed E-state index contributed by atoms with van der Waals surface area (Å²) in [5, 5.41) is 0.550. The third kappa shape index (κ3) is 3.85. The van der Waals surface area contributed by atoms with Crippen LogP contribution in [0.5, 0.6) is 0 Å². The van der Waals surface area contributed by atoms with E-state index in [0.717, 1.165) is 32.1 Å². The number of nitrogens with one attached hydrogen (secondary N) is 2. The SMILES string of the molecule is COCCN1CC(SNc2cnc(-c3cccc(C)c3F)[nH]2)C1. The highest BCUT2D eigenvalue weighted by Gasteiger charge is 2.26. The highest BCUT2D eigenvalue weighted by Crippen LogP contribution is 2.26. The molecular formula is C16H21FN4OS. The van der Waals surface area contributed by atoms with E-state index in [4.69, 9.17) is 4.74 Å². The minimum atomic E-state index is -0.228. The number of likely N-dealkylation sites (tertiary alicyclic amines) is 1. The zero-order chi connectivity index (χ0) is 16.2. The molecular weight excluding hydrogens is 315 g/mol. The maximum atomic E-state index is 14.1. The van der Waals surface area contributed by atoms with Crippen LogP contribution >= 0.6 is 11.9 Å². The molecule has 0 atom stereocenters. The van der Waals surface area contributed by atoms with E-state index in [0.29, 0.717) is 22.2 Å². The summed E-state index contributed by atoms with van der Waals surface area (Å²) in [6, 6.07) is 5.32. The summed E-state index contributed by atoms with van der Waals surface area (Å²) in [7, 11) is 1.72. The molecule has 2 heterocycles. The van der Waals surface area contributed by atoms with E-state index in [2.05, 4.69) is 19.6 Å². The molecule has 0 aliphatic carbocycles. The number of rotatable bonds is 7. The number of aromatic nitrogens is 2. The summed E-state index contributed by atoms with van der Waals surface area (Å²) < 4.78 is 22.5. The number of aryl methyl sites for hydroxylation is 1. The number of H-pyrrole nitrogens is 1. The molecule has 124 valence electrons. The first-order valence-corrected chi connectivity index (χ1v) is 8.49. The molecule has 0 saturated carbocycles. The Hall–Kier alpha value is -1.57. The Balaban J connectivity index is 1.52. The van der Waals surface area contributed by atoms with Gasteiger partial charge in [0.15, 0.2) is 0 Å². The van der Waals surface area contributed by atoms with Crippen LogP contribution in [-0.4, -0.2) is 53.5 Å². The molecule has 1 aromatic heterocycles. The topological polar surface area (TPSA) is 53.2 Å². The maximum Gasteiger partial charge on any atom is 0.141 e. The first kappa shape index (κ1) is 16.3. The van der Waals surface area contributed by atoms with Crippen molar-refractivity contribution in [2.45, 2.75) is 12.2 Å². The third-order valence-electron chi connectivity index (χ3n) is 3.89. The van der Waals surface area contributed by atoms with Crippen molar-refractivity contribution in [2.24, 2.45) is 0 Å². The van der Waals surface area contributed by atoms with Crippen LogP contribution < -0.4 is 4.72 Å². The largest absolute Gasteiger partial charge is 0.383 e. The first-order chi connectivity index (χ1) is 11.2. The molecule has 7 heteroatoms. The van der Waals surface area contributed by atoms with E-state index in [9.17, 15) is 4.39 Å². The van der Waals surface area contributed by atoms with Crippen molar-refractivity contribution >= 4 is 17.8 Å². The maximum absolute atomic E-state index is 14.1. The summed E-state index contributed by atoms with van der Waals surface area (Å²) in [6.07, 6.45) is 1.70. The number of anilines is 1. The molecule has 2 aromatic rings. The summed E-state index contributed by atoms with van der Waals surface area (Å²) in [4.78, 5) is 9.75. The van der Waals surface area contributed by atoms with Crippen LogP contribution in [0.4, 0.5) is 10.2 Å². The smallest absolute Gasteiger partial charge is 0.141 e. The number of hydrogen-bond acceptors (Lipinski definition) is 5. The van der Waals surface area contributed by atoms with Crippen molar-refractivity contribution in [2.75, 3.05) is 38.1 Å². The Labute approximate surface area is 139 Å². The number of benzene rings is 1. The Morgan fingerprint density at radius 2 is 2.30 bits per heavy atom. The number of halogens is 1. The van der Waals surface area contributed by atoms with Crippen molar-refractivity contribution in [3.63, 3.8) is 0 Å². The normalized spacial score (nSPS) is 15.6. The minimum Gasteiger partial charge on any atom is -0.383 e. The van der Waals surface area contributed by atoms with Crippen molar-refractivity contribution < 1.29 is 9.13 Å². The van der Waals surface area contributed by atoms with Gasteiger partial charge in [-0.15, -0.1) is 0 Å². The van der Waals surface area contributed by atoms with Gasteiger partial charge in [-0.05, 0) is 30.5 Å². The number of aromatic amines is 1. The number of imidazole rings is 1. The van der Waals surface area contributed by atoms with Crippen LogP contribution in [0.3, 0.4) is 0 Å². The average Bonchev–Trinajstić information content (AvgIpc) is 2.96. The lowest BCUT2D eigenvalue weighted by atomic mass is 10.1. The molecule has 23 heavy (non-hydrogen) atoms. The van der Waals surface area contributed by atoms with Gasteiger partial charge < -0.3 is 14.4 Å². The van der Waals surface area contributed by atoms with Crippen LogP contribution in [-0.2, 0) is 4.74 Å². The molecule has 0 bridgehead atoms. The summed E-state index contributed by atoms with van der Waals surface area (Å²) in [5.74, 6) is 1.11. The zero-order valence-corrected chi connectivity index (χ0v) is 14.1. The molecule has 1 aliphatic heterocycles. The monoisotopic (exact) mass is 336 g/mol. The van der Waals surface area contributed by atoms with Gasteiger partial charge >= 0.3 is 0 Å². The van der Waals surface area contributed by atoms with Crippen LogP contribution in [0, 0.1) is 12.7 Å². The number of ether oxygens (including phenoxy) is 1. The van der Waals surface area contributed by atoms with E-state index < -0.39 is 0 Å². The molecule has 0 spiro atoms. The molecule has 1 aliphatic rings. The van der Waals surface area contributed by atoms with Crippen molar-refractivity contribution in [1.82, 2.24) is 14.9 Å². The van der Waals surface area contributed by atoms with Gasteiger partial charge in [0.1, 0.15) is 17.5 Å². The van der Waals surface area contributed by atoms with E-state index >= 15 is 0 Å². The summed E-state index contributed by atoms with van der Waals surface area (Å²) in [6.45, 7) is 5.61. The van der Waals surface area contributed by atoms with Gasteiger partial charge in [-0.25, -0.2) is 9.37 Å². The van der Waals surface area contributed by atoms with Gasteiger partial charge in [0.05, 0.1) is 23.6 Å². The fraction of sp³-hybridized carbons (Fsp3) is 0.438. The summed E-state index contributed by atoms with van der Waals surface area (Å²) >= 11 is 1.67. The molecule has 1 aromatic carbocycles. The average molecular weight is 336 g/mol. The fourth-order valence-electron chi connectivity index (χ4n) is 2.49. The molecule has 0 radical (unpaired) electrons. The highest BCUT2D eigenvalue weighted by molar-refractivity contribution is 8.01. The Morgan fingerprint density at radius 1 is 1.48 bits per heavy atom. The first-order valence-electron chi connectivity index (χ1n) is 7.61. The van der Waals surface area contributed by atoms with Gasteiger partial charge in [-0.2, -0.15) is 0 Å². The van der Waals surface area contributed by atoms with Crippen LogP contribution in [0.25, 0.3) is 11.4 Å². The van der Waals surface area contributed by atoms with Crippen LogP contribution in [0.15, 0.2) is 24.4 Å². The Morgan fingerprint density at radius 3 is 3.09 bits per heavy atom. The lowest BCUT2D eigenvalue weighted by Gasteiger charge is -2.38.